The van der Waals surface area contributed by atoms with Crippen molar-refractivity contribution in [2.75, 3.05) is 14.2 Å². The van der Waals surface area contributed by atoms with Gasteiger partial charge in [-0.05, 0) is 36.8 Å². The van der Waals surface area contributed by atoms with E-state index in [-0.39, 0.29) is 11.9 Å². The summed E-state index contributed by atoms with van der Waals surface area (Å²) in [6.45, 7) is 1.92. The summed E-state index contributed by atoms with van der Waals surface area (Å²) in [5.74, 6) is 0.565. The van der Waals surface area contributed by atoms with Gasteiger partial charge in [-0.3, -0.25) is 4.79 Å². The Hall–Kier alpha value is -2.99. The number of nitrogens with zero attached hydrogens (tertiary/aromatic N) is 2. The lowest BCUT2D eigenvalue weighted by atomic mass is 10.1. The average molecular weight is 386 g/mol. The van der Waals surface area contributed by atoms with Crippen molar-refractivity contribution in [3.05, 3.63) is 71.3 Å². The summed E-state index contributed by atoms with van der Waals surface area (Å²) in [5.41, 5.74) is 2.39. The molecule has 0 bridgehead atoms. The average Bonchev–Trinajstić information content (AvgIpc) is 3.22. The second-order valence-corrected chi connectivity index (χ2v) is 6.36. The van der Waals surface area contributed by atoms with Crippen molar-refractivity contribution in [1.29, 1.82) is 0 Å². The fourth-order valence-corrected chi connectivity index (χ4v) is 3.05. The van der Waals surface area contributed by atoms with Crippen LogP contribution in [-0.2, 0) is 0 Å². The molecule has 0 spiro atoms. The summed E-state index contributed by atoms with van der Waals surface area (Å²) < 4.78 is 12.4. The number of hydrogen-bond acceptors (Lipinski definition) is 4. The van der Waals surface area contributed by atoms with Crippen LogP contribution in [0.4, 0.5) is 0 Å². The highest BCUT2D eigenvalue weighted by Gasteiger charge is 2.17. The van der Waals surface area contributed by atoms with E-state index in [9.17, 15) is 4.79 Å². The minimum atomic E-state index is -0.246. The number of amides is 1. The fraction of sp³-hybridized carbons (Fsp3) is 0.200. The molecule has 0 radical (unpaired) electrons. The predicted octanol–water partition coefficient (Wildman–Crippen LogP) is 4.03. The summed E-state index contributed by atoms with van der Waals surface area (Å²) >= 11 is 6.18. The summed E-state index contributed by atoms with van der Waals surface area (Å²) in [6.07, 6.45) is 5.34. The van der Waals surface area contributed by atoms with E-state index in [0.717, 1.165) is 11.3 Å². The lowest BCUT2D eigenvalue weighted by Gasteiger charge is -2.16. The van der Waals surface area contributed by atoms with E-state index in [0.29, 0.717) is 22.1 Å². The number of nitrogens with one attached hydrogen (secondary N) is 1. The molecule has 3 aromatic rings. The minimum absolute atomic E-state index is 0.179. The van der Waals surface area contributed by atoms with Crippen molar-refractivity contribution in [3.63, 3.8) is 0 Å². The molecule has 6 nitrogen and oxygen atoms in total. The van der Waals surface area contributed by atoms with Gasteiger partial charge in [-0.1, -0.05) is 23.7 Å². The number of rotatable bonds is 6. The van der Waals surface area contributed by atoms with Crippen LogP contribution in [0.1, 0.15) is 28.9 Å². The fourth-order valence-electron chi connectivity index (χ4n) is 2.76. The van der Waals surface area contributed by atoms with Crippen LogP contribution in [0, 0.1) is 0 Å². The highest BCUT2D eigenvalue weighted by atomic mass is 35.5. The number of benzene rings is 2. The molecule has 0 saturated heterocycles. The molecule has 1 unspecified atom stereocenters. The van der Waals surface area contributed by atoms with E-state index in [4.69, 9.17) is 21.1 Å². The van der Waals surface area contributed by atoms with Crippen LogP contribution >= 0.6 is 11.6 Å². The molecule has 7 heteroatoms. The quantitative estimate of drug-likeness (QED) is 0.695. The molecule has 27 heavy (non-hydrogen) atoms. The van der Waals surface area contributed by atoms with Crippen molar-refractivity contribution >= 4 is 17.5 Å². The number of halogens is 1. The molecule has 1 aromatic heterocycles. The Morgan fingerprint density at radius 3 is 2.52 bits per heavy atom. The predicted molar refractivity (Wildman–Crippen MR) is 104 cm³/mol. The zero-order chi connectivity index (χ0) is 19.4. The maximum atomic E-state index is 12.6. The third-order valence-electron chi connectivity index (χ3n) is 4.24. The summed E-state index contributed by atoms with van der Waals surface area (Å²) in [7, 11) is 3.00. The van der Waals surface area contributed by atoms with Gasteiger partial charge in [0.15, 0.2) is 11.5 Å². The number of ether oxygens (including phenoxy) is 2. The van der Waals surface area contributed by atoms with E-state index in [1.807, 2.05) is 42.0 Å². The van der Waals surface area contributed by atoms with Gasteiger partial charge in [-0.2, -0.15) is 0 Å². The van der Waals surface area contributed by atoms with Gasteiger partial charge < -0.3 is 19.4 Å². The van der Waals surface area contributed by atoms with Crippen molar-refractivity contribution in [3.8, 4) is 17.2 Å². The highest BCUT2D eigenvalue weighted by Crippen LogP contribution is 2.36. The van der Waals surface area contributed by atoms with Gasteiger partial charge >= 0.3 is 0 Å². The first-order valence-electron chi connectivity index (χ1n) is 8.34. The SMILES string of the molecule is COc1cc(C(=O)NC(C)c2ccc(-n3ccnc3)cc2)cc(Cl)c1OC. The van der Waals surface area contributed by atoms with Gasteiger partial charge in [0.05, 0.1) is 31.6 Å². The summed E-state index contributed by atoms with van der Waals surface area (Å²) in [6, 6.07) is 10.9. The molecule has 3 rings (SSSR count). The molecule has 1 amide bonds. The first-order chi connectivity index (χ1) is 13.0. The second kappa shape index (κ2) is 8.14. The molecule has 0 saturated carbocycles. The molecule has 140 valence electrons. The Balaban J connectivity index is 1.75. The standard InChI is InChI=1S/C20H20ClN3O3/c1-13(14-4-6-16(7-5-14)24-9-8-22-12-24)23-20(25)15-10-17(21)19(27-3)18(11-15)26-2/h4-13H,1-3H3,(H,23,25). The second-order valence-electron chi connectivity index (χ2n) is 5.95. The lowest BCUT2D eigenvalue weighted by molar-refractivity contribution is 0.0939. The van der Waals surface area contributed by atoms with Gasteiger partial charge in [0.2, 0.25) is 0 Å². The molecule has 2 aromatic carbocycles. The van der Waals surface area contributed by atoms with E-state index in [1.165, 1.54) is 14.2 Å². The van der Waals surface area contributed by atoms with E-state index in [1.54, 1.807) is 24.7 Å². The molecule has 0 fully saturated rings. The molecule has 1 N–H and O–H groups in total. The molecule has 1 heterocycles. The molecular formula is C20H20ClN3O3. The molecular weight excluding hydrogens is 366 g/mol. The van der Waals surface area contributed by atoms with Gasteiger partial charge in [0.25, 0.3) is 5.91 Å². The maximum Gasteiger partial charge on any atom is 0.251 e. The third kappa shape index (κ3) is 4.06. The molecule has 1 atom stereocenters. The Morgan fingerprint density at radius 1 is 1.19 bits per heavy atom. The third-order valence-corrected chi connectivity index (χ3v) is 4.52. The smallest absolute Gasteiger partial charge is 0.251 e. The number of imidazole rings is 1. The first kappa shape index (κ1) is 18.8. The highest BCUT2D eigenvalue weighted by molar-refractivity contribution is 6.32. The topological polar surface area (TPSA) is 65.4 Å². The lowest BCUT2D eigenvalue weighted by Crippen LogP contribution is -2.26. The Bertz CT molecular complexity index is 924. The number of carbonyl (C=O) groups is 1. The van der Waals surface area contributed by atoms with E-state index >= 15 is 0 Å². The molecule has 0 aliphatic heterocycles. The number of methoxy groups -OCH3 is 2. The van der Waals surface area contributed by atoms with Crippen LogP contribution in [0.25, 0.3) is 5.69 Å². The number of carbonyl (C=O) groups excluding carboxylic acids is 1. The van der Waals surface area contributed by atoms with Crippen LogP contribution in [-0.4, -0.2) is 29.7 Å². The van der Waals surface area contributed by atoms with Crippen molar-refractivity contribution in [2.24, 2.45) is 0 Å². The normalized spacial score (nSPS) is 11.7. The Morgan fingerprint density at radius 2 is 1.93 bits per heavy atom. The van der Waals surface area contributed by atoms with E-state index in [2.05, 4.69) is 10.3 Å². The van der Waals surface area contributed by atoms with Crippen LogP contribution in [0.15, 0.2) is 55.1 Å². The molecule has 0 aliphatic carbocycles. The van der Waals surface area contributed by atoms with Crippen LogP contribution < -0.4 is 14.8 Å². The van der Waals surface area contributed by atoms with E-state index < -0.39 is 0 Å². The Kier molecular flexibility index (Phi) is 5.66. The summed E-state index contributed by atoms with van der Waals surface area (Å²) in [5, 5.41) is 3.29. The van der Waals surface area contributed by atoms with Gasteiger partial charge in [-0.15, -0.1) is 0 Å². The number of hydrogen-bond donors (Lipinski definition) is 1. The minimum Gasteiger partial charge on any atom is -0.493 e. The monoisotopic (exact) mass is 385 g/mol. The van der Waals surface area contributed by atoms with Gasteiger partial charge in [0, 0.05) is 23.6 Å². The number of aromatic nitrogens is 2. The van der Waals surface area contributed by atoms with Crippen LogP contribution in [0.3, 0.4) is 0 Å². The molecule has 0 aliphatic rings. The van der Waals surface area contributed by atoms with Crippen molar-refractivity contribution < 1.29 is 14.3 Å². The van der Waals surface area contributed by atoms with Crippen LogP contribution in [0.2, 0.25) is 5.02 Å². The van der Waals surface area contributed by atoms with Gasteiger partial charge in [0.1, 0.15) is 0 Å². The first-order valence-corrected chi connectivity index (χ1v) is 8.72. The Labute approximate surface area is 162 Å². The maximum absolute atomic E-state index is 12.6. The van der Waals surface area contributed by atoms with Crippen molar-refractivity contribution in [1.82, 2.24) is 14.9 Å². The van der Waals surface area contributed by atoms with Gasteiger partial charge in [-0.25, -0.2) is 4.98 Å². The largest absolute Gasteiger partial charge is 0.493 e. The zero-order valence-corrected chi connectivity index (χ0v) is 16.0. The summed E-state index contributed by atoms with van der Waals surface area (Å²) in [4.78, 5) is 16.7. The van der Waals surface area contributed by atoms with Crippen molar-refractivity contribution in [2.45, 2.75) is 13.0 Å². The van der Waals surface area contributed by atoms with Crippen LogP contribution in [0.5, 0.6) is 11.5 Å². The zero-order valence-electron chi connectivity index (χ0n) is 15.3.